The van der Waals surface area contributed by atoms with Crippen LogP contribution in [-0.4, -0.2) is 11.7 Å². The van der Waals surface area contributed by atoms with E-state index < -0.39 is 24.3 Å². The molecular weight excluding hydrogens is 200 g/mol. The van der Waals surface area contributed by atoms with Gasteiger partial charge in [-0.1, -0.05) is 0 Å². The van der Waals surface area contributed by atoms with E-state index in [2.05, 4.69) is 0 Å². The zero-order chi connectivity index (χ0) is 9.14. The molecule has 0 aliphatic rings. The van der Waals surface area contributed by atoms with Crippen molar-refractivity contribution in [1.82, 2.24) is 0 Å². The first-order chi connectivity index (χ1) is 5.65. The summed E-state index contributed by atoms with van der Waals surface area (Å²) in [5, 5.41) is 8.59. The van der Waals surface area contributed by atoms with E-state index in [-0.39, 0.29) is 18.0 Å². The first kappa shape index (κ1) is 12.3. The lowest BCUT2D eigenvalue weighted by atomic mass is 10.1. The number of hydrogen-bond donors (Lipinski definition) is 2. The second-order valence-corrected chi connectivity index (χ2v) is 2.45. The summed E-state index contributed by atoms with van der Waals surface area (Å²) in [6, 6.07) is 2.11. The van der Waals surface area contributed by atoms with Gasteiger partial charge < -0.3 is 10.8 Å². The van der Waals surface area contributed by atoms with Crippen LogP contribution in [0.2, 0.25) is 0 Å². The molecule has 1 aromatic rings. The van der Waals surface area contributed by atoms with Crippen molar-refractivity contribution < 1.29 is 13.9 Å². The molecular formula is C8H10ClF2NO. The molecule has 0 aliphatic carbocycles. The highest BCUT2D eigenvalue weighted by atomic mass is 35.5. The molecule has 1 rings (SSSR count). The zero-order valence-electron chi connectivity index (χ0n) is 6.71. The van der Waals surface area contributed by atoms with Crippen molar-refractivity contribution in [2.24, 2.45) is 5.73 Å². The van der Waals surface area contributed by atoms with Gasteiger partial charge in [0.1, 0.15) is 11.6 Å². The van der Waals surface area contributed by atoms with Gasteiger partial charge in [0.05, 0.1) is 12.6 Å². The fourth-order valence-electron chi connectivity index (χ4n) is 0.897. The minimum absolute atomic E-state index is 0. The number of aliphatic hydroxyl groups is 1. The minimum Gasteiger partial charge on any atom is -0.394 e. The molecule has 0 unspecified atom stereocenters. The Hall–Kier alpha value is -0.710. The molecule has 0 bridgehead atoms. The lowest BCUT2D eigenvalue weighted by molar-refractivity contribution is 0.265. The third-order valence-electron chi connectivity index (χ3n) is 1.55. The second kappa shape index (κ2) is 5.11. The van der Waals surface area contributed by atoms with Gasteiger partial charge in [0.15, 0.2) is 0 Å². The van der Waals surface area contributed by atoms with Crippen LogP contribution in [0.4, 0.5) is 8.78 Å². The molecule has 1 aromatic carbocycles. The van der Waals surface area contributed by atoms with Crippen LogP contribution in [0.25, 0.3) is 0 Å². The number of rotatable bonds is 2. The summed E-state index contributed by atoms with van der Waals surface area (Å²) >= 11 is 0. The van der Waals surface area contributed by atoms with Crippen molar-refractivity contribution in [1.29, 1.82) is 0 Å². The van der Waals surface area contributed by atoms with Gasteiger partial charge in [-0.15, -0.1) is 12.4 Å². The first-order valence-electron chi connectivity index (χ1n) is 3.46. The average Bonchev–Trinajstić information content (AvgIpc) is 2.08. The molecule has 2 nitrogen and oxygen atoms in total. The Morgan fingerprint density at radius 2 is 2.00 bits per heavy atom. The van der Waals surface area contributed by atoms with E-state index in [1.165, 1.54) is 0 Å². The molecule has 0 radical (unpaired) electrons. The summed E-state index contributed by atoms with van der Waals surface area (Å²) in [4.78, 5) is 0. The maximum Gasteiger partial charge on any atom is 0.128 e. The average molecular weight is 210 g/mol. The highest BCUT2D eigenvalue weighted by Gasteiger charge is 2.10. The van der Waals surface area contributed by atoms with Gasteiger partial charge in [0, 0.05) is 5.56 Å². The van der Waals surface area contributed by atoms with Crippen molar-refractivity contribution in [3.8, 4) is 0 Å². The molecule has 0 amide bonds. The van der Waals surface area contributed by atoms with Gasteiger partial charge >= 0.3 is 0 Å². The maximum atomic E-state index is 12.8. The summed E-state index contributed by atoms with van der Waals surface area (Å²) in [7, 11) is 0. The molecule has 0 fully saturated rings. The Bertz CT molecular complexity index is 283. The summed E-state index contributed by atoms with van der Waals surface area (Å²) in [5.74, 6) is -1.16. The highest BCUT2D eigenvalue weighted by molar-refractivity contribution is 5.85. The predicted molar refractivity (Wildman–Crippen MR) is 47.6 cm³/mol. The van der Waals surface area contributed by atoms with Gasteiger partial charge in [0.25, 0.3) is 0 Å². The molecule has 0 saturated heterocycles. The van der Waals surface area contributed by atoms with Crippen molar-refractivity contribution >= 4 is 12.4 Å². The van der Waals surface area contributed by atoms with Gasteiger partial charge in [-0.3, -0.25) is 0 Å². The monoisotopic (exact) mass is 209 g/mol. The predicted octanol–water partition coefficient (Wildman–Crippen LogP) is 1.38. The van der Waals surface area contributed by atoms with Crippen LogP contribution < -0.4 is 5.73 Å². The van der Waals surface area contributed by atoms with Gasteiger partial charge in [-0.05, 0) is 18.2 Å². The molecule has 3 N–H and O–H groups in total. The van der Waals surface area contributed by atoms with Crippen LogP contribution >= 0.6 is 12.4 Å². The Labute approximate surface area is 80.8 Å². The fourth-order valence-corrected chi connectivity index (χ4v) is 0.897. The topological polar surface area (TPSA) is 46.2 Å². The van der Waals surface area contributed by atoms with E-state index >= 15 is 0 Å². The number of nitrogens with two attached hydrogens (primary N) is 1. The Morgan fingerprint density at radius 3 is 2.54 bits per heavy atom. The SMILES string of the molecule is Cl.N[C@H](CO)c1cc(F)ccc1F. The smallest absolute Gasteiger partial charge is 0.128 e. The molecule has 0 spiro atoms. The summed E-state index contributed by atoms with van der Waals surface area (Å²) < 4.78 is 25.4. The molecule has 0 saturated carbocycles. The van der Waals surface area contributed by atoms with E-state index in [0.29, 0.717) is 0 Å². The van der Waals surface area contributed by atoms with Crippen LogP contribution in [0.5, 0.6) is 0 Å². The van der Waals surface area contributed by atoms with Crippen molar-refractivity contribution in [2.45, 2.75) is 6.04 Å². The molecule has 74 valence electrons. The third kappa shape index (κ3) is 2.91. The summed E-state index contributed by atoms with van der Waals surface area (Å²) in [5.41, 5.74) is 5.30. The van der Waals surface area contributed by atoms with Crippen LogP contribution in [-0.2, 0) is 0 Å². The zero-order valence-corrected chi connectivity index (χ0v) is 7.52. The molecule has 0 aliphatic heterocycles. The Morgan fingerprint density at radius 1 is 1.38 bits per heavy atom. The fraction of sp³-hybridized carbons (Fsp3) is 0.250. The standard InChI is InChI=1S/C8H9F2NO.ClH/c9-5-1-2-7(10)6(3-5)8(11)4-12;/h1-3,8,12H,4,11H2;1H/t8-;/m1./s1. The van der Waals surface area contributed by atoms with E-state index in [1.54, 1.807) is 0 Å². The lowest BCUT2D eigenvalue weighted by Gasteiger charge is -2.08. The van der Waals surface area contributed by atoms with E-state index in [9.17, 15) is 8.78 Å². The van der Waals surface area contributed by atoms with Crippen LogP contribution in [0, 0.1) is 11.6 Å². The third-order valence-corrected chi connectivity index (χ3v) is 1.55. The summed E-state index contributed by atoms with van der Waals surface area (Å²) in [6.45, 7) is -0.402. The number of benzene rings is 1. The van der Waals surface area contributed by atoms with Gasteiger partial charge in [0.2, 0.25) is 0 Å². The van der Waals surface area contributed by atoms with Crippen molar-refractivity contribution in [3.05, 3.63) is 35.4 Å². The van der Waals surface area contributed by atoms with Crippen LogP contribution in [0.3, 0.4) is 0 Å². The van der Waals surface area contributed by atoms with E-state index in [1.807, 2.05) is 0 Å². The molecule has 13 heavy (non-hydrogen) atoms. The van der Waals surface area contributed by atoms with Crippen LogP contribution in [0.1, 0.15) is 11.6 Å². The molecule has 1 atom stereocenters. The molecule has 0 aromatic heterocycles. The van der Waals surface area contributed by atoms with Gasteiger partial charge in [-0.25, -0.2) is 8.78 Å². The van der Waals surface area contributed by atoms with Crippen LogP contribution in [0.15, 0.2) is 18.2 Å². The molecule has 5 heteroatoms. The molecule has 0 heterocycles. The van der Waals surface area contributed by atoms with E-state index in [4.69, 9.17) is 10.8 Å². The Kier molecular flexibility index (Phi) is 4.83. The lowest BCUT2D eigenvalue weighted by Crippen LogP contribution is -2.16. The highest BCUT2D eigenvalue weighted by Crippen LogP contribution is 2.15. The second-order valence-electron chi connectivity index (χ2n) is 2.45. The number of aliphatic hydroxyl groups excluding tert-OH is 1. The van der Waals surface area contributed by atoms with E-state index in [0.717, 1.165) is 18.2 Å². The van der Waals surface area contributed by atoms with Crippen molar-refractivity contribution in [2.75, 3.05) is 6.61 Å². The summed E-state index contributed by atoms with van der Waals surface area (Å²) in [6.07, 6.45) is 0. The largest absolute Gasteiger partial charge is 0.394 e. The van der Waals surface area contributed by atoms with Gasteiger partial charge in [-0.2, -0.15) is 0 Å². The quantitative estimate of drug-likeness (QED) is 0.773. The maximum absolute atomic E-state index is 12.8. The van der Waals surface area contributed by atoms with Crippen molar-refractivity contribution in [3.63, 3.8) is 0 Å². The number of hydrogen-bond acceptors (Lipinski definition) is 2. The Balaban J connectivity index is 0.00000144. The first-order valence-corrected chi connectivity index (χ1v) is 3.46. The normalized spacial score (nSPS) is 12.0. The minimum atomic E-state index is -0.860. The number of halogens is 3.